The molecule has 236 valence electrons. The van der Waals surface area contributed by atoms with Crippen molar-refractivity contribution in [3.05, 3.63) is 102 Å². The zero-order valence-electron chi connectivity index (χ0n) is 24.5. The summed E-state index contributed by atoms with van der Waals surface area (Å²) in [5.74, 6) is -1.14. The van der Waals surface area contributed by atoms with Gasteiger partial charge in [-0.2, -0.15) is 9.36 Å². The number of β-lactam (4-membered cyclic amide) rings is 1. The van der Waals surface area contributed by atoms with Crippen molar-refractivity contribution in [1.29, 1.82) is 0 Å². The molecule has 15 heteroatoms. The second-order valence-electron chi connectivity index (χ2n) is 10.3. The fourth-order valence-corrected chi connectivity index (χ4v) is 8.37. The fourth-order valence-electron chi connectivity index (χ4n) is 5.06. The van der Waals surface area contributed by atoms with E-state index in [4.69, 9.17) is 15.3 Å². The maximum absolute atomic E-state index is 14.3. The van der Waals surface area contributed by atoms with Crippen molar-refractivity contribution in [3.8, 4) is 0 Å². The third kappa shape index (κ3) is 6.57. The number of pyridine rings is 1. The number of nitrogens with one attached hydrogen (secondary N) is 1. The van der Waals surface area contributed by atoms with Crippen molar-refractivity contribution < 1.29 is 24.0 Å². The second-order valence-corrected chi connectivity index (χ2v) is 13.7. The van der Waals surface area contributed by atoms with Crippen LogP contribution in [0, 0.1) is 0 Å². The number of amides is 2. The lowest BCUT2D eigenvalue weighted by Gasteiger charge is -2.53. The summed E-state index contributed by atoms with van der Waals surface area (Å²) >= 11 is 3.63. The van der Waals surface area contributed by atoms with E-state index in [0.717, 1.165) is 27.6 Å². The van der Waals surface area contributed by atoms with Gasteiger partial charge in [0.05, 0.1) is 0 Å². The minimum absolute atomic E-state index is 0.00870. The molecule has 6 rings (SSSR count). The quantitative estimate of drug-likeness (QED) is 0.104. The van der Waals surface area contributed by atoms with Gasteiger partial charge in [0, 0.05) is 41.1 Å². The number of anilines is 1. The summed E-state index contributed by atoms with van der Waals surface area (Å²) in [5.41, 5.74) is 7.18. The molecule has 2 unspecified atom stereocenters. The van der Waals surface area contributed by atoms with Crippen molar-refractivity contribution in [2.24, 2.45) is 5.16 Å². The number of benzene rings is 2. The monoisotopic (exact) mass is 675 g/mol. The first-order valence-corrected chi connectivity index (χ1v) is 16.9. The lowest BCUT2D eigenvalue weighted by molar-refractivity contribution is -0.155. The van der Waals surface area contributed by atoms with Crippen molar-refractivity contribution in [1.82, 2.24) is 24.6 Å². The van der Waals surface area contributed by atoms with Gasteiger partial charge in [0.2, 0.25) is 17.4 Å². The Bertz CT molecular complexity index is 1690. The lowest BCUT2D eigenvalue weighted by Crippen LogP contribution is -2.75. The molecule has 2 amide bonds. The molecule has 3 atom stereocenters. The highest BCUT2D eigenvalue weighted by molar-refractivity contribution is 8.05. The van der Waals surface area contributed by atoms with Gasteiger partial charge in [-0.15, -0.1) is 23.5 Å². The van der Waals surface area contributed by atoms with Crippen LogP contribution in [0.15, 0.2) is 95.2 Å². The van der Waals surface area contributed by atoms with E-state index in [1.165, 1.54) is 23.5 Å². The van der Waals surface area contributed by atoms with Gasteiger partial charge < -0.3 is 25.5 Å². The van der Waals surface area contributed by atoms with Crippen LogP contribution in [0.4, 0.5) is 5.13 Å². The number of oxime groups is 1. The number of ether oxygens (including phenoxy) is 1. The highest BCUT2D eigenvalue weighted by atomic mass is 32.2. The number of aromatic nitrogens is 3. The Labute approximate surface area is 277 Å². The average molecular weight is 676 g/mol. The van der Waals surface area contributed by atoms with Crippen LogP contribution < -0.4 is 11.1 Å². The molecule has 4 aromatic rings. The van der Waals surface area contributed by atoms with Gasteiger partial charge in [0.1, 0.15) is 22.8 Å². The number of carbonyl (C=O) groups is 3. The Morgan fingerprint density at radius 3 is 2.46 bits per heavy atom. The van der Waals surface area contributed by atoms with Crippen molar-refractivity contribution in [3.63, 3.8) is 0 Å². The summed E-state index contributed by atoms with van der Waals surface area (Å²) in [6.45, 7) is 2.01. The first-order valence-electron chi connectivity index (χ1n) is 14.3. The van der Waals surface area contributed by atoms with E-state index in [0.29, 0.717) is 5.75 Å². The van der Waals surface area contributed by atoms with Crippen molar-refractivity contribution >= 4 is 63.7 Å². The predicted molar refractivity (Wildman–Crippen MR) is 176 cm³/mol. The molecule has 12 nitrogen and oxygen atoms in total. The van der Waals surface area contributed by atoms with Gasteiger partial charge >= 0.3 is 5.97 Å². The number of nitrogens with zero attached hydrogens (tertiary/aromatic N) is 5. The standard InChI is InChI=1S/C31H29N7O5S3/c1-2-42-36-22(25-35-30(32)46-37-25)26(39)34-23-27(40)38-17-31(18-44-28(23)38,45-21-14-9-15-33-16-21)29(41)43-24(19-10-5-3-6-11-19)20-12-7-4-8-13-20/h3-16,23-24,28H,2,17-18H2,1H3,(H,34,39)(H2,32,35,37)/t23?,28-,31?/m1/s1. The molecule has 0 bridgehead atoms. The van der Waals surface area contributed by atoms with Crippen molar-refractivity contribution in [2.45, 2.75) is 34.1 Å². The summed E-state index contributed by atoms with van der Waals surface area (Å²) in [5, 5.41) is 6.37. The predicted octanol–water partition coefficient (Wildman–Crippen LogP) is 3.52. The molecule has 2 aromatic heterocycles. The molecule has 3 N–H and O–H groups in total. The number of rotatable bonds is 11. The minimum atomic E-state index is -1.15. The van der Waals surface area contributed by atoms with Gasteiger partial charge in [-0.25, -0.2) is 0 Å². The smallest absolute Gasteiger partial charge is 0.326 e. The molecule has 0 saturated carbocycles. The van der Waals surface area contributed by atoms with Crippen LogP contribution >= 0.6 is 35.1 Å². The first kappa shape index (κ1) is 31.5. The molecule has 46 heavy (non-hydrogen) atoms. The molecule has 4 heterocycles. The Balaban J connectivity index is 1.24. The SMILES string of the molecule is CCON=C(C(=O)NC1C(=O)N2CC(Sc3cccnc3)(C(=O)OC(c3ccccc3)c3ccccc3)CS[C@H]12)c1nsc(N)n1. The average Bonchev–Trinajstić information content (AvgIpc) is 3.52. The molecule has 2 fully saturated rings. The fraction of sp³-hybridized carbons (Fsp3) is 0.258. The summed E-state index contributed by atoms with van der Waals surface area (Å²) in [6, 6.07) is 21.9. The molecule has 2 aliphatic heterocycles. The summed E-state index contributed by atoms with van der Waals surface area (Å²) < 4.78 is 9.25. The van der Waals surface area contributed by atoms with E-state index in [2.05, 4.69) is 24.8 Å². The van der Waals surface area contributed by atoms with Crippen LogP contribution in [-0.4, -0.2) is 77.8 Å². The second kappa shape index (κ2) is 13.9. The summed E-state index contributed by atoms with van der Waals surface area (Å²) in [6.07, 6.45) is 2.69. The van der Waals surface area contributed by atoms with Gasteiger partial charge in [-0.1, -0.05) is 65.8 Å². The largest absolute Gasteiger partial charge is 0.451 e. The number of thioether (sulfide) groups is 2. The molecule has 0 radical (unpaired) electrons. The topological polar surface area (TPSA) is 162 Å². The Kier molecular flexibility index (Phi) is 9.51. The summed E-state index contributed by atoms with van der Waals surface area (Å²) in [7, 11) is 0. The molecule has 2 aliphatic rings. The van der Waals surface area contributed by atoms with E-state index in [9.17, 15) is 14.4 Å². The maximum atomic E-state index is 14.3. The van der Waals surface area contributed by atoms with Gasteiger partial charge in [-0.05, 0) is 30.2 Å². The van der Waals surface area contributed by atoms with Crippen LogP contribution in [0.5, 0.6) is 0 Å². The minimum Gasteiger partial charge on any atom is -0.451 e. The van der Waals surface area contributed by atoms with E-state index >= 15 is 0 Å². The van der Waals surface area contributed by atoms with Gasteiger partial charge in [-0.3, -0.25) is 19.4 Å². The highest BCUT2D eigenvalue weighted by Crippen LogP contribution is 2.47. The number of fused-ring (bicyclic) bond motifs is 1. The number of nitrogens with two attached hydrogens (primary N) is 1. The lowest BCUT2D eigenvalue weighted by atomic mass is 10.00. The van der Waals surface area contributed by atoms with E-state index in [1.54, 1.807) is 30.3 Å². The summed E-state index contributed by atoms with van der Waals surface area (Å²) in [4.78, 5) is 56.8. The zero-order chi connectivity index (χ0) is 32.1. The van der Waals surface area contributed by atoms with Crippen LogP contribution in [0.1, 0.15) is 30.0 Å². The normalized spacial score (nSPS) is 20.9. The van der Waals surface area contributed by atoms with Gasteiger partial charge in [0.25, 0.3) is 5.91 Å². The van der Waals surface area contributed by atoms with E-state index in [1.807, 2.05) is 66.7 Å². The molecule has 0 aliphatic carbocycles. The molecular weight excluding hydrogens is 647 g/mol. The third-order valence-electron chi connectivity index (χ3n) is 7.24. The highest BCUT2D eigenvalue weighted by Gasteiger charge is 2.59. The molecule has 2 saturated heterocycles. The number of hydrogen-bond donors (Lipinski definition) is 2. The number of esters is 1. The zero-order valence-corrected chi connectivity index (χ0v) is 27.0. The molecule has 2 aromatic carbocycles. The third-order valence-corrected chi connectivity index (χ3v) is 10.8. The van der Waals surface area contributed by atoms with Crippen LogP contribution in [0.25, 0.3) is 0 Å². The molecular formula is C31H29N7O5S3. The Hall–Kier alpha value is -4.47. The maximum Gasteiger partial charge on any atom is 0.326 e. The van der Waals surface area contributed by atoms with E-state index in [-0.39, 0.29) is 35.7 Å². The van der Waals surface area contributed by atoms with Crippen molar-refractivity contribution in [2.75, 3.05) is 24.6 Å². The van der Waals surface area contributed by atoms with Crippen LogP contribution in [-0.2, 0) is 24.0 Å². The number of carbonyl (C=O) groups excluding carboxylic acids is 3. The Morgan fingerprint density at radius 1 is 1.13 bits per heavy atom. The van der Waals surface area contributed by atoms with Crippen LogP contribution in [0.2, 0.25) is 0 Å². The molecule has 0 spiro atoms. The number of hydrogen-bond acceptors (Lipinski definition) is 13. The van der Waals surface area contributed by atoms with Gasteiger partial charge in [0.15, 0.2) is 11.2 Å². The van der Waals surface area contributed by atoms with Crippen LogP contribution in [0.3, 0.4) is 0 Å². The Morgan fingerprint density at radius 2 is 1.85 bits per heavy atom. The van der Waals surface area contributed by atoms with E-state index < -0.39 is 34.1 Å². The number of nitrogen functional groups attached to an aromatic ring is 1. The first-order chi connectivity index (χ1) is 22.4.